The van der Waals surface area contributed by atoms with Gasteiger partial charge in [0.25, 0.3) is 5.91 Å². The summed E-state index contributed by atoms with van der Waals surface area (Å²) in [6.07, 6.45) is 4.37. The van der Waals surface area contributed by atoms with E-state index in [1.807, 2.05) is 12.1 Å². The molecule has 1 aliphatic rings. The highest BCUT2D eigenvalue weighted by Crippen LogP contribution is 2.27. The third-order valence-electron chi connectivity index (χ3n) is 3.82. The number of carbonyl (C=O) groups is 1. The minimum atomic E-state index is -0.0906. The zero-order chi connectivity index (χ0) is 14.8. The molecular formula is C17H15Cl2NO. The molecule has 21 heavy (non-hydrogen) atoms. The van der Waals surface area contributed by atoms with Crippen LogP contribution >= 0.6 is 23.2 Å². The first-order valence-electron chi connectivity index (χ1n) is 7.02. The summed E-state index contributed by atoms with van der Waals surface area (Å²) >= 11 is 11.9. The summed E-state index contributed by atoms with van der Waals surface area (Å²) in [7, 11) is 0. The van der Waals surface area contributed by atoms with Crippen LogP contribution in [0.2, 0.25) is 10.0 Å². The number of fused-ring (bicyclic) bond motifs is 1. The van der Waals surface area contributed by atoms with Gasteiger partial charge in [0.05, 0.1) is 10.0 Å². The van der Waals surface area contributed by atoms with Crippen LogP contribution in [0.5, 0.6) is 0 Å². The van der Waals surface area contributed by atoms with Crippen molar-refractivity contribution in [1.29, 1.82) is 0 Å². The number of nitrogens with one attached hydrogen (secondary N) is 1. The maximum absolute atomic E-state index is 12.5. The number of carbonyl (C=O) groups excluding carboxylic acids is 1. The van der Waals surface area contributed by atoms with Gasteiger partial charge in [-0.25, -0.2) is 0 Å². The van der Waals surface area contributed by atoms with E-state index in [2.05, 4.69) is 11.4 Å². The van der Waals surface area contributed by atoms with Crippen molar-refractivity contribution in [2.45, 2.75) is 25.7 Å². The minimum Gasteiger partial charge on any atom is -0.322 e. The van der Waals surface area contributed by atoms with Crippen LogP contribution in [0, 0.1) is 0 Å². The van der Waals surface area contributed by atoms with E-state index in [-0.39, 0.29) is 5.91 Å². The van der Waals surface area contributed by atoms with E-state index in [0.29, 0.717) is 15.7 Å². The summed E-state index contributed by atoms with van der Waals surface area (Å²) in [6.45, 7) is 0. The normalized spacial score (nSPS) is 13.6. The number of hydrogen-bond acceptors (Lipinski definition) is 1. The predicted molar refractivity (Wildman–Crippen MR) is 87.5 cm³/mol. The van der Waals surface area contributed by atoms with E-state index >= 15 is 0 Å². The van der Waals surface area contributed by atoms with E-state index in [0.717, 1.165) is 24.8 Å². The van der Waals surface area contributed by atoms with E-state index in [1.165, 1.54) is 17.5 Å². The minimum absolute atomic E-state index is 0.0906. The molecule has 0 saturated carbocycles. The molecule has 0 fully saturated rings. The van der Waals surface area contributed by atoms with Crippen LogP contribution in [0.25, 0.3) is 0 Å². The topological polar surface area (TPSA) is 29.1 Å². The lowest BCUT2D eigenvalue weighted by Gasteiger charge is -2.19. The van der Waals surface area contributed by atoms with Crippen LogP contribution in [0.4, 0.5) is 5.69 Å². The van der Waals surface area contributed by atoms with Gasteiger partial charge in [-0.2, -0.15) is 0 Å². The quantitative estimate of drug-likeness (QED) is 0.817. The highest BCUT2D eigenvalue weighted by Gasteiger charge is 2.17. The Morgan fingerprint density at radius 2 is 1.81 bits per heavy atom. The smallest absolute Gasteiger partial charge is 0.255 e. The van der Waals surface area contributed by atoms with Crippen molar-refractivity contribution in [3.63, 3.8) is 0 Å². The van der Waals surface area contributed by atoms with Crippen molar-refractivity contribution >= 4 is 34.8 Å². The van der Waals surface area contributed by atoms with Crippen LogP contribution in [0.15, 0.2) is 36.4 Å². The molecule has 0 radical (unpaired) electrons. The Hall–Kier alpha value is -1.51. The van der Waals surface area contributed by atoms with E-state index < -0.39 is 0 Å². The summed E-state index contributed by atoms with van der Waals surface area (Å²) in [6, 6.07) is 11.0. The Balaban J connectivity index is 1.87. The number of halogens is 2. The molecule has 2 aromatic rings. The first-order chi connectivity index (χ1) is 10.1. The Morgan fingerprint density at radius 3 is 2.62 bits per heavy atom. The Bertz CT molecular complexity index is 697. The van der Waals surface area contributed by atoms with Gasteiger partial charge in [0, 0.05) is 11.3 Å². The van der Waals surface area contributed by atoms with Crippen molar-refractivity contribution in [2.75, 3.05) is 5.32 Å². The van der Waals surface area contributed by atoms with Crippen molar-refractivity contribution in [2.24, 2.45) is 0 Å². The average Bonchev–Trinajstić information content (AvgIpc) is 2.50. The van der Waals surface area contributed by atoms with Crippen LogP contribution in [0.3, 0.4) is 0 Å². The standard InChI is InChI=1S/C17H15Cl2NO/c18-15-9-8-12(10-16(15)19)20-17(21)14-7-3-5-11-4-1-2-6-13(11)14/h3,5,7-10H,1-2,4,6H2,(H,20,21). The molecule has 0 unspecified atom stereocenters. The van der Waals surface area contributed by atoms with Crippen LogP contribution in [-0.2, 0) is 12.8 Å². The van der Waals surface area contributed by atoms with E-state index in [4.69, 9.17) is 23.2 Å². The molecule has 1 aliphatic carbocycles. The van der Waals surface area contributed by atoms with Crippen LogP contribution < -0.4 is 5.32 Å². The third kappa shape index (κ3) is 3.07. The molecule has 3 rings (SSSR count). The number of rotatable bonds is 2. The number of hydrogen-bond donors (Lipinski definition) is 1. The second-order valence-electron chi connectivity index (χ2n) is 5.23. The summed E-state index contributed by atoms with van der Waals surface area (Å²) in [5.74, 6) is -0.0906. The molecule has 0 bridgehead atoms. The molecule has 0 saturated heterocycles. The predicted octanol–water partition coefficient (Wildman–Crippen LogP) is 5.12. The molecule has 1 N–H and O–H groups in total. The molecule has 0 atom stereocenters. The maximum Gasteiger partial charge on any atom is 0.255 e. The second-order valence-corrected chi connectivity index (χ2v) is 6.05. The average molecular weight is 320 g/mol. The zero-order valence-electron chi connectivity index (χ0n) is 11.5. The highest BCUT2D eigenvalue weighted by atomic mass is 35.5. The number of aryl methyl sites for hydroxylation is 1. The van der Waals surface area contributed by atoms with Gasteiger partial charge in [0.15, 0.2) is 0 Å². The molecule has 4 heteroatoms. The summed E-state index contributed by atoms with van der Waals surface area (Å²) in [5, 5.41) is 3.81. The van der Waals surface area contributed by atoms with Crippen molar-refractivity contribution in [1.82, 2.24) is 0 Å². The summed E-state index contributed by atoms with van der Waals surface area (Å²) < 4.78 is 0. The molecule has 1 amide bonds. The number of amides is 1. The van der Waals surface area contributed by atoms with Gasteiger partial charge in [-0.05, 0) is 61.1 Å². The molecule has 2 nitrogen and oxygen atoms in total. The molecule has 0 aromatic heterocycles. The van der Waals surface area contributed by atoms with Crippen molar-refractivity contribution in [3.05, 3.63) is 63.1 Å². The fraction of sp³-hybridized carbons (Fsp3) is 0.235. The fourth-order valence-corrected chi connectivity index (χ4v) is 3.06. The van der Waals surface area contributed by atoms with Gasteiger partial charge < -0.3 is 5.32 Å². The SMILES string of the molecule is O=C(Nc1ccc(Cl)c(Cl)c1)c1cccc2c1CCCC2. The van der Waals surface area contributed by atoms with Gasteiger partial charge in [0.1, 0.15) is 0 Å². The van der Waals surface area contributed by atoms with Gasteiger partial charge in [-0.15, -0.1) is 0 Å². The molecule has 0 aliphatic heterocycles. The Labute approximate surface area is 134 Å². The summed E-state index contributed by atoms with van der Waals surface area (Å²) in [5.41, 5.74) is 3.89. The van der Waals surface area contributed by atoms with E-state index in [9.17, 15) is 4.79 Å². The maximum atomic E-state index is 12.5. The monoisotopic (exact) mass is 319 g/mol. The first kappa shape index (κ1) is 14.4. The van der Waals surface area contributed by atoms with Crippen molar-refractivity contribution < 1.29 is 4.79 Å². The van der Waals surface area contributed by atoms with Crippen molar-refractivity contribution in [3.8, 4) is 0 Å². The van der Waals surface area contributed by atoms with Gasteiger partial charge in [-0.1, -0.05) is 35.3 Å². The Morgan fingerprint density at radius 1 is 1.00 bits per heavy atom. The third-order valence-corrected chi connectivity index (χ3v) is 4.56. The summed E-state index contributed by atoms with van der Waals surface area (Å²) in [4.78, 5) is 12.5. The largest absolute Gasteiger partial charge is 0.322 e. The van der Waals surface area contributed by atoms with E-state index in [1.54, 1.807) is 18.2 Å². The van der Waals surface area contributed by atoms with Gasteiger partial charge in [-0.3, -0.25) is 4.79 Å². The molecule has 2 aromatic carbocycles. The fourth-order valence-electron chi connectivity index (χ4n) is 2.77. The lowest BCUT2D eigenvalue weighted by atomic mass is 9.88. The highest BCUT2D eigenvalue weighted by molar-refractivity contribution is 6.42. The lowest BCUT2D eigenvalue weighted by molar-refractivity contribution is 0.102. The Kier molecular flexibility index (Phi) is 4.18. The second kappa shape index (κ2) is 6.08. The van der Waals surface area contributed by atoms with Crippen LogP contribution in [-0.4, -0.2) is 5.91 Å². The molecule has 0 spiro atoms. The molecule has 108 valence electrons. The van der Waals surface area contributed by atoms with Gasteiger partial charge in [0.2, 0.25) is 0 Å². The first-order valence-corrected chi connectivity index (χ1v) is 7.78. The zero-order valence-corrected chi connectivity index (χ0v) is 13.0. The van der Waals surface area contributed by atoms with Gasteiger partial charge >= 0.3 is 0 Å². The lowest BCUT2D eigenvalue weighted by Crippen LogP contribution is -2.17. The molecule has 0 heterocycles. The van der Waals surface area contributed by atoms with Crippen LogP contribution in [0.1, 0.15) is 34.3 Å². The number of anilines is 1. The number of benzene rings is 2. The molecular weight excluding hydrogens is 305 g/mol.